The van der Waals surface area contributed by atoms with Gasteiger partial charge in [0.25, 0.3) is 0 Å². The Hall–Kier alpha value is -5.42. The molecular formula is C42H50N6O5. The molecule has 0 unspecified atom stereocenters. The Morgan fingerprint density at radius 3 is 1.96 bits per heavy atom. The van der Waals surface area contributed by atoms with Crippen LogP contribution in [0, 0.1) is 0 Å². The van der Waals surface area contributed by atoms with E-state index in [0.717, 1.165) is 57.9 Å². The minimum absolute atomic E-state index is 0.133. The molecule has 0 bridgehead atoms. The zero-order chi connectivity index (χ0) is 37.8. The van der Waals surface area contributed by atoms with Crippen LogP contribution >= 0.6 is 0 Å². The van der Waals surface area contributed by atoms with Gasteiger partial charge in [0.05, 0.1) is 42.5 Å². The number of H-pyrrole nitrogens is 2. The number of carbonyl (C=O) groups excluding carboxylic acids is 2. The summed E-state index contributed by atoms with van der Waals surface area (Å²) in [5, 5.41) is 2.96. The van der Waals surface area contributed by atoms with E-state index < -0.39 is 29.4 Å². The summed E-state index contributed by atoms with van der Waals surface area (Å²) in [6.07, 6.45) is 4.08. The van der Waals surface area contributed by atoms with Gasteiger partial charge in [-0.15, -0.1) is 0 Å². The number of aromatic amines is 2. The normalized spacial score (nSPS) is 15.9. The van der Waals surface area contributed by atoms with Crippen LogP contribution < -0.4 is 5.32 Å². The van der Waals surface area contributed by atoms with Gasteiger partial charge in [-0.25, -0.2) is 19.6 Å². The van der Waals surface area contributed by atoms with E-state index in [9.17, 15) is 9.59 Å². The second kappa shape index (κ2) is 15.7. The van der Waals surface area contributed by atoms with Gasteiger partial charge in [-0.05, 0) is 89.1 Å². The lowest BCUT2D eigenvalue weighted by Crippen LogP contribution is -2.40. The van der Waals surface area contributed by atoms with E-state index in [1.54, 1.807) is 11.1 Å². The maximum Gasteiger partial charge on any atom is 0.410 e. The molecule has 11 heteroatoms. The Morgan fingerprint density at radius 1 is 0.792 bits per heavy atom. The summed E-state index contributed by atoms with van der Waals surface area (Å²) in [6.45, 7) is 14.1. The van der Waals surface area contributed by atoms with Crippen LogP contribution in [0.5, 0.6) is 0 Å². The second-order valence-corrected chi connectivity index (χ2v) is 15.5. The van der Waals surface area contributed by atoms with Crippen molar-refractivity contribution in [3.63, 3.8) is 0 Å². The average Bonchev–Trinajstić information content (AvgIpc) is 3.90. The van der Waals surface area contributed by atoms with Crippen LogP contribution in [0.1, 0.15) is 90.6 Å². The molecule has 1 aliphatic rings. The molecule has 3 atom stereocenters. The van der Waals surface area contributed by atoms with Crippen LogP contribution in [0.3, 0.4) is 0 Å². The molecule has 6 rings (SSSR count). The zero-order valence-corrected chi connectivity index (χ0v) is 31.6. The van der Waals surface area contributed by atoms with Gasteiger partial charge in [-0.3, -0.25) is 4.90 Å². The van der Waals surface area contributed by atoms with Crippen molar-refractivity contribution < 1.29 is 23.8 Å². The highest BCUT2D eigenvalue weighted by atomic mass is 16.6. The number of rotatable bonds is 10. The summed E-state index contributed by atoms with van der Waals surface area (Å²) in [6, 6.07) is 25.8. The molecule has 3 heterocycles. The fraction of sp³-hybridized carbons (Fsp3) is 0.381. The fourth-order valence-corrected chi connectivity index (χ4v) is 6.31. The number of hydrogen-bond acceptors (Lipinski definition) is 7. The molecule has 0 aliphatic carbocycles. The first-order valence-corrected chi connectivity index (χ1v) is 18.2. The van der Waals surface area contributed by atoms with Crippen LogP contribution in [0.15, 0.2) is 91.3 Å². The fourth-order valence-electron chi connectivity index (χ4n) is 6.31. The Labute approximate surface area is 311 Å². The van der Waals surface area contributed by atoms with Gasteiger partial charge in [0.2, 0.25) is 0 Å². The minimum atomic E-state index is -0.649. The molecule has 3 aromatic carbocycles. The zero-order valence-electron chi connectivity index (χ0n) is 31.6. The van der Waals surface area contributed by atoms with Crippen LogP contribution in [0.2, 0.25) is 0 Å². The molecule has 0 saturated carbocycles. The van der Waals surface area contributed by atoms with Crippen molar-refractivity contribution in [3.05, 3.63) is 108 Å². The molecular weight excluding hydrogens is 668 g/mol. The van der Waals surface area contributed by atoms with Gasteiger partial charge in [-0.2, -0.15) is 0 Å². The second-order valence-electron chi connectivity index (χ2n) is 15.5. The highest BCUT2D eigenvalue weighted by Gasteiger charge is 2.35. The SMILES string of the molecule is C[C@@H](OCc1ccccc1)[C@H](NC(=O)OC(C)(C)C)c1ncc(-c2ccc(-c3ccc(-c4cnc([C@H]5CCCN5C(=O)OC(C)(C)C)[nH]4)cc3)cc2)[nH]1. The molecule has 2 amide bonds. The smallest absolute Gasteiger partial charge is 0.410 e. The van der Waals surface area contributed by atoms with Crippen molar-refractivity contribution in [2.45, 2.75) is 97.3 Å². The number of imidazole rings is 2. The Balaban J connectivity index is 1.12. The lowest BCUT2D eigenvalue weighted by molar-refractivity contribution is 0.0126. The predicted molar refractivity (Wildman–Crippen MR) is 205 cm³/mol. The van der Waals surface area contributed by atoms with Crippen LogP contribution in [0.4, 0.5) is 9.59 Å². The summed E-state index contributed by atoms with van der Waals surface area (Å²) in [7, 11) is 0. The van der Waals surface area contributed by atoms with E-state index in [2.05, 4.69) is 61.7 Å². The Bertz CT molecular complexity index is 1970. The largest absolute Gasteiger partial charge is 0.444 e. The third kappa shape index (κ3) is 9.72. The molecule has 1 aliphatic heterocycles. The lowest BCUT2D eigenvalue weighted by Gasteiger charge is -2.27. The molecule has 0 spiro atoms. The maximum atomic E-state index is 12.8. The van der Waals surface area contributed by atoms with E-state index >= 15 is 0 Å². The molecule has 278 valence electrons. The van der Waals surface area contributed by atoms with Gasteiger partial charge < -0.3 is 29.5 Å². The first kappa shape index (κ1) is 37.3. The van der Waals surface area contributed by atoms with E-state index in [0.29, 0.717) is 19.0 Å². The van der Waals surface area contributed by atoms with E-state index in [1.807, 2.05) is 97.1 Å². The molecule has 53 heavy (non-hydrogen) atoms. The van der Waals surface area contributed by atoms with Crippen LogP contribution in [0.25, 0.3) is 33.6 Å². The van der Waals surface area contributed by atoms with E-state index in [-0.39, 0.29) is 12.1 Å². The summed E-state index contributed by atoms with van der Waals surface area (Å²) in [4.78, 5) is 43.6. The molecule has 3 N–H and O–H groups in total. The number of benzene rings is 3. The molecule has 2 aromatic heterocycles. The minimum Gasteiger partial charge on any atom is -0.444 e. The average molecular weight is 719 g/mol. The Morgan fingerprint density at radius 2 is 1.36 bits per heavy atom. The molecule has 5 aromatic rings. The number of carbonyl (C=O) groups is 2. The number of nitrogens with zero attached hydrogens (tertiary/aromatic N) is 3. The third-order valence-corrected chi connectivity index (χ3v) is 8.90. The van der Waals surface area contributed by atoms with Crippen molar-refractivity contribution in [2.24, 2.45) is 0 Å². The summed E-state index contributed by atoms with van der Waals surface area (Å²) >= 11 is 0. The van der Waals surface area contributed by atoms with Crippen molar-refractivity contribution in [3.8, 4) is 33.6 Å². The van der Waals surface area contributed by atoms with Crippen LogP contribution in [-0.2, 0) is 20.8 Å². The van der Waals surface area contributed by atoms with Crippen molar-refractivity contribution >= 4 is 12.2 Å². The molecule has 1 saturated heterocycles. The van der Waals surface area contributed by atoms with E-state index in [1.165, 1.54) is 0 Å². The number of amides is 2. The number of ether oxygens (including phenoxy) is 3. The number of aromatic nitrogens is 4. The predicted octanol–water partition coefficient (Wildman–Crippen LogP) is 9.38. The highest BCUT2D eigenvalue weighted by Crippen LogP contribution is 2.34. The van der Waals surface area contributed by atoms with Crippen molar-refractivity contribution in [2.75, 3.05) is 6.54 Å². The van der Waals surface area contributed by atoms with Crippen LogP contribution in [-0.4, -0.2) is 60.9 Å². The summed E-state index contributed by atoms with van der Waals surface area (Å²) < 4.78 is 17.4. The van der Waals surface area contributed by atoms with Crippen molar-refractivity contribution in [1.82, 2.24) is 30.2 Å². The number of hydrogen-bond donors (Lipinski definition) is 3. The molecule has 0 radical (unpaired) electrons. The lowest BCUT2D eigenvalue weighted by atomic mass is 10.0. The first-order valence-electron chi connectivity index (χ1n) is 18.2. The van der Waals surface area contributed by atoms with Gasteiger partial charge in [0.1, 0.15) is 28.9 Å². The van der Waals surface area contributed by atoms with Gasteiger partial charge in [0.15, 0.2) is 0 Å². The number of alkyl carbamates (subject to hydrolysis) is 1. The summed E-state index contributed by atoms with van der Waals surface area (Å²) in [5.41, 5.74) is 5.65. The Kier molecular flexibility index (Phi) is 11.0. The molecule has 11 nitrogen and oxygen atoms in total. The standard InChI is InChI=1S/C42H50N6O5/c1-27(51-26-28-12-9-8-10-13-28)36(47-39(49)52-41(2,3)4)38-44-25-34(46-38)32-21-17-30(18-22-32)29-15-19-31(20-16-29)33-24-43-37(45-33)35-14-11-23-48(35)40(50)53-42(5,6)7/h8-10,12-13,15-22,24-25,27,35-36H,11,14,23,26H2,1-7H3,(H,43,45)(H,44,46)(H,47,49)/t27-,35-,36+/m1/s1. The molecule has 1 fully saturated rings. The monoisotopic (exact) mass is 718 g/mol. The topological polar surface area (TPSA) is 134 Å². The first-order chi connectivity index (χ1) is 25.2. The maximum absolute atomic E-state index is 12.8. The van der Waals surface area contributed by atoms with Gasteiger partial charge in [0, 0.05) is 6.54 Å². The number of likely N-dealkylation sites (tertiary alicyclic amines) is 1. The van der Waals surface area contributed by atoms with Gasteiger partial charge in [-0.1, -0.05) is 78.9 Å². The number of nitrogens with one attached hydrogen (secondary N) is 3. The third-order valence-electron chi connectivity index (χ3n) is 8.90. The van der Waals surface area contributed by atoms with Gasteiger partial charge >= 0.3 is 12.2 Å². The van der Waals surface area contributed by atoms with Crippen molar-refractivity contribution in [1.29, 1.82) is 0 Å². The summed E-state index contributed by atoms with van der Waals surface area (Å²) in [5.74, 6) is 1.34. The quantitative estimate of drug-likeness (QED) is 0.131. The highest BCUT2D eigenvalue weighted by molar-refractivity contribution is 5.72. The van der Waals surface area contributed by atoms with E-state index in [4.69, 9.17) is 14.2 Å².